The van der Waals surface area contributed by atoms with E-state index in [0.29, 0.717) is 17.8 Å². The Morgan fingerprint density at radius 3 is 2.47 bits per heavy atom. The lowest BCUT2D eigenvalue weighted by Crippen LogP contribution is -2.47. The number of aryl methyl sites for hydroxylation is 1. The molecule has 5 nitrogen and oxygen atoms in total. The highest BCUT2D eigenvalue weighted by molar-refractivity contribution is 5.85. The fourth-order valence-corrected chi connectivity index (χ4v) is 5.84. The molecule has 0 amide bonds. The zero-order valence-electron chi connectivity index (χ0n) is 20.9. The highest BCUT2D eigenvalue weighted by atomic mass is 16.3. The molecule has 1 aliphatic carbocycles. The van der Waals surface area contributed by atoms with Gasteiger partial charge < -0.3 is 10.0 Å². The summed E-state index contributed by atoms with van der Waals surface area (Å²) in [5.41, 5.74) is 4.80. The molecule has 1 unspecified atom stereocenters. The number of piperidine rings is 1. The van der Waals surface area contributed by atoms with Gasteiger partial charge in [0.2, 0.25) is 0 Å². The molecule has 6 rings (SSSR count). The Morgan fingerprint density at radius 2 is 1.72 bits per heavy atom. The van der Waals surface area contributed by atoms with Crippen molar-refractivity contribution < 1.29 is 5.11 Å². The fourth-order valence-electron chi connectivity index (χ4n) is 5.84. The molecule has 5 heteroatoms. The molecule has 1 saturated heterocycles. The summed E-state index contributed by atoms with van der Waals surface area (Å²) in [6, 6.07) is 22.0. The fraction of sp³-hybridized carbons (Fsp3) is 0.355. The first-order valence-corrected chi connectivity index (χ1v) is 13.2. The van der Waals surface area contributed by atoms with E-state index in [9.17, 15) is 9.90 Å². The molecule has 2 heterocycles. The van der Waals surface area contributed by atoms with Crippen molar-refractivity contribution in [1.29, 1.82) is 0 Å². The number of hydrogen-bond donors (Lipinski definition) is 1. The molecule has 184 valence electrons. The van der Waals surface area contributed by atoms with Gasteiger partial charge in [0.1, 0.15) is 11.6 Å². The maximum Gasteiger partial charge on any atom is 0.261 e. The van der Waals surface area contributed by atoms with E-state index in [1.165, 1.54) is 32.2 Å². The Balaban J connectivity index is 1.45. The number of nitrogens with zero attached hydrogens (tertiary/aromatic N) is 3. The molecule has 1 aromatic heterocycles. The van der Waals surface area contributed by atoms with E-state index in [1.54, 1.807) is 12.1 Å². The maximum atomic E-state index is 14.1. The van der Waals surface area contributed by atoms with Crippen molar-refractivity contribution in [3.8, 4) is 28.3 Å². The van der Waals surface area contributed by atoms with Gasteiger partial charge in [-0.2, -0.15) is 0 Å². The van der Waals surface area contributed by atoms with Gasteiger partial charge in [-0.15, -0.1) is 0 Å². The van der Waals surface area contributed by atoms with Gasteiger partial charge in [0, 0.05) is 24.7 Å². The predicted molar refractivity (Wildman–Crippen MR) is 145 cm³/mol. The summed E-state index contributed by atoms with van der Waals surface area (Å²) < 4.78 is 1.94. The van der Waals surface area contributed by atoms with E-state index >= 15 is 0 Å². The summed E-state index contributed by atoms with van der Waals surface area (Å²) in [5, 5.41) is 10.3. The molecule has 1 atom stereocenters. The summed E-state index contributed by atoms with van der Waals surface area (Å²) in [5.74, 6) is 1.44. The smallest absolute Gasteiger partial charge is 0.261 e. The number of fused-ring (bicyclic) bond motifs is 1. The van der Waals surface area contributed by atoms with Gasteiger partial charge in [-0.1, -0.05) is 48.9 Å². The molecule has 1 saturated carbocycles. The average molecular weight is 480 g/mol. The minimum atomic E-state index is 0.0275. The van der Waals surface area contributed by atoms with Crippen LogP contribution in [-0.2, 0) is 6.54 Å². The molecule has 4 aromatic rings. The van der Waals surface area contributed by atoms with Crippen molar-refractivity contribution in [3.63, 3.8) is 0 Å². The Kier molecular flexibility index (Phi) is 6.10. The molecular weight excluding hydrogens is 446 g/mol. The van der Waals surface area contributed by atoms with E-state index < -0.39 is 0 Å². The van der Waals surface area contributed by atoms with E-state index in [2.05, 4.69) is 24.0 Å². The van der Waals surface area contributed by atoms with Crippen molar-refractivity contribution in [2.75, 3.05) is 13.1 Å². The topological polar surface area (TPSA) is 58.4 Å². The van der Waals surface area contributed by atoms with Crippen LogP contribution in [0.2, 0.25) is 0 Å². The normalized spacial score (nSPS) is 18.9. The molecule has 1 N–H and O–H groups in total. The Hall–Kier alpha value is -3.44. The number of likely N-dealkylation sites (tertiary alicyclic amines) is 1. The third kappa shape index (κ3) is 4.33. The van der Waals surface area contributed by atoms with Crippen molar-refractivity contribution in [3.05, 3.63) is 82.6 Å². The first-order valence-electron chi connectivity index (χ1n) is 13.2. The van der Waals surface area contributed by atoms with Crippen molar-refractivity contribution >= 4 is 10.9 Å². The highest BCUT2D eigenvalue weighted by Gasteiger charge is 2.30. The molecule has 0 radical (unpaired) electrons. The third-order valence-corrected chi connectivity index (χ3v) is 8.12. The number of aromatic hydroxyl groups is 1. The summed E-state index contributed by atoms with van der Waals surface area (Å²) in [4.78, 5) is 21.8. The first kappa shape index (κ1) is 23.0. The van der Waals surface area contributed by atoms with Crippen LogP contribution in [0, 0.1) is 12.8 Å². The van der Waals surface area contributed by atoms with Crippen molar-refractivity contribution in [1.82, 2.24) is 14.5 Å². The number of hydrogen-bond acceptors (Lipinski definition) is 4. The van der Waals surface area contributed by atoms with Gasteiger partial charge in [0.25, 0.3) is 5.56 Å². The second-order valence-electron chi connectivity index (χ2n) is 10.5. The standard InChI is InChI=1S/C31H33N3O2/c1-21-6-2-3-10-27(21)30-32-29-16-13-24(23-11-14-26(35)15-12-23)18-28(29)31(36)34(30)20-22-7-5-17-33(19-22)25-8-4-9-25/h2-3,6,10-16,18,22,25,35H,4-5,7-9,17,19-20H2,1H3. The molecule has 1 aliphatic heterocycles. The molecule has 0 bridgehead atoms. The third-order valence-electron chi connectivity index (χ3n) is 8.12. The van der Waals surface area contributed by atoms with Crippen LogP contribution in [0.25, 0.3) is 33.4 Å². The van der Waals surface area contributed by atoms with Gasteiger partial charge in [-0.3, -0.25) is 9.36 Å². The van der Waals surface area contributed by atoms with Gasteiger partial charge in [-0.05, 0) is 86.0 Å². The molecule has 2 fully saturated rings. The Labute approximate surface area is 212 Å². The number of rotatable bonds is 5. The SMILES string of the molecule is Cc1ccccc1-c1nc2ccc(-c3ccc(O)cc3)cc2c(=O)n1CC1CCCN(C2CCC2)C1. The van der Waals surface area contributed by atoms with Gasteiger partial charge >= 0.3 is 0 Å². The number of aromatic nitrogens is 2. The Morgan fingerprint density at radius 1 is 0.944 bits per heavy atom. The zero-order chi connectivity index (χ0) is 24.6. The van der Waals surface area contributed by atoms with Gasteiger partial charge in [-0.25, -0.2) is 4.98 Å². The lowest BCUT2D eigenvalue weighted by atomic mass is 9.87. The number of benzene rings is 3. The van der Waals surface area contributed by atoms with Gasteiger partial charge in [0.05, 0.1) is 10.9 Å². The largest absolute Gasteiger partial charge is 0.508 e. The average Bonchev–Trinajstić information content (AvgIpc) is 2.86. The number of phenols is 1. The minimum Gasteiger partial charge on any atom is -0.508 e. The van der Waals surface area contributed by atoms with Crippen LogP contribution in [-0.4, -0.2) is 38.7 Å². The molecular formula is C31H33N3O2. The maximum absolute atomic E-state index is 14.1. The first-order chi connectivity index (χ1) is 17.6. The zero-order valence-corrected chi connectivity index (χ0v) is 20.9. The monoisotopic (exact) mass is 479 g/mol. The van der Waals surface area contributed by atoms with E-state index in [4.69, 9.17) is 4.98 Å². The second-order valence-corrected chi connectivity index (χ2v) is 10.5. The van der Waals surface area contributed by atoms with Crippen LogP contribution in [0.5, 0.6) is 5.75 Å². The van der Waals surface area contributed by atoms with Crippen molar-refractivity contribution in [2.24, 2.45) is 5.92 Å². The molecule has 2 aliphatic rings. The highest BCUT2D eigenvalue weighted by Crippen LogP contribution is 2.31. The summed E-state index contributed by atoms with van der Waals surface area (Å²) >= 11 is 0. The Bertz CT molecular complexity index is 1450. The van der Waals surface area contributed by atoms with Crippen LogP contribution in [0.1, 0.15) is 37.7 Å². The predicted octanol–water partition coefficient (Wildman–Crippen LogP) is 6.01. The van der Waals surface area contributed by atoms with Crippen molar-refractivity contribution in [2.45, 2.75) is 51.6 Å². The van der Waals surface area contributed by atoms with Crippen LogP contribution < -0.4 is 5.56 Å². The van der Waals surface area contributed by atoms with Gasteiger partial charge in [0.15, 0.2) is 0 Å². The minimum absolute atomic E-state index is 0.0275. The summed E-state index contributed by atoms with van der Waals surface area (Å²) in [7, 11) is 0. The van der Waals surface area contributed by atoms with Crippen LogP contribution in [0.15, 0.2) is 71.5 Å². The lowest BCUT2D eigenvalue weighted by Gasteiger charge is -2.42. The van der Waals surface area contributed by atoms with Crippen LogP contribution >= 0.6 is 0 Å². The van der Waals surface area contributed by atoms with E-state index in [0.717, 1.165) is 52.6 Å². The summed E-state index contributed by atoms with van der Waals surface area (Å²) in [6.45, 7) is 5.03. The van der Waals surface area contributed by atoms with Crippen LogP contribution in [0.4, 0.5) is 0 Å². The van der Waals surface area contributed by atoms with E-state index in [1.807, 2.05) is 47.0 Å². The quantitative estimate of drug-likeness (QED) is 0.381. The summed E-state index contributed by atoms with van der Waals surface area (Å²) in [6.07, 6.45) is 6.33. The lowest BCUT2D eigenvalue weighted by molar-refractivity contribution is 0.0717. The van der Waals surface area contributed by atoms with Crippen LogP contribution in [0.3, 0.4) is 0 Å². The molecule has 0 spiro atoms. The number of phenolic OH excluding ortho intramolecular Hbond substituents is 1. The van der Waals surface area contributed by atoms with E-state index in [-0.39, 0.29) is 11.3 Å². The molecule has 3 aromatic carbocycles. The second kappa shape index (κ2) is 9.55. The molecule has 36 heavy (non-hydrogen) atoms.